The lowest BCUT2D eigenvalue weighted by atomic mass is 9.75. The van der Waals surface area contributed by atoms with Crippen LogP contribution >= 0.6 is 0 Å². The molecule has 2 aliphatic rings. The fourth-order valence-electron chi connectivity index (χ4n) is 2.59. The molecule has 1 saturated heterocycles. The fourth-order valence-corrected chi connectivity index (χ4v) is 2.59. The van der Waals surface area contributed by atoms with Crippen molar-refractivity contribution >= 4 is 18.5 Å². The maximum Gasteiger partial charge on any atom is 0.495 e. The molecule has 2 fully saturated rings. The first-order chi connectivity index (χ1) is 11.1. The third kappa shape index (κ3) is 3.17. The molecule has 0 atom stereocenters. The third-order valence-corrected chi connectivity index (χ3v) is 4.99. The summed E-state index contributed by atoms with van der Waals surface area (Å²) in [6, 6.07) is 5.54. The van der Waals surface area contributed by atoms with E-state index in [0.29, 0.717) is 11.7 Å². The van der Waals surface area contributed by atoms with E-state index >= 15 is 0 Å². The van der Waals surface area contributed by atoms with E-state index in [1.165, 1.54) is 0 Å². The molecule has 1 saturated carbocycles. The summed E-state index contributed by atoms with van der Waals surface area (Å²) in [6.45, 7) is 8.02. The average molecular weight is 331 g/mol. The highest BCUT2D eigenvalue weighted by Gasteiger charge is 2.52. The van der Waals surface area contributed by atoms with Gasteiger partial charge in [-0.1, -0.05) is 0 Å². The number of amides is 1. The Labute approximate surface area is 144 Å². The van der Waals surface area contributed by atoms with Crippen molar-refractivity contribution in [1.29, 1.82) is 0 Å². The van der Waals surface area contributed by atoms with Gasteiger partial charge in [-0.05, 0) is 64.2 Å². The smallest absolute Gasteiger partial charge is 0.490 e. The number of benzene rings is 1. The zero-order valence-corrected chi connectivity index (χ0v) is 15.4. The topological polar surface area (TPSA) is 48.0 Å². The van der Waals surface area contributed by atoms with Gasteiger partial charge in [-0.2, -0.15) is 0 Å². The van der Waals surface area contributed by atoms with Crippen molar-refractivity contribution in [3.63, 3.8) is 0 Å². The molecule has 1 aliphatic heterocycles. The van der Waals surface area contributed by atoms with E-state index in [0.717, 1.165) is 24.1 Å². The first-order valence-corrected chi connectivity index (χ1v) is 8.48. The fraction of sp³-hybridized carbons (Fsp3) is 0.611. The van der Waals surface area contributed by atoms with Crippen LogP contribution in [-0.4, -0.2) is 49.3 Å². The monoisotopic (exact) mass is 331 g/mol. The molecular formula is C18H26BNO4. The van der Waals surface area contributed by atoms with Crippen LogP contribution in [0.5, 0.6) is 5.75 Å². The second-order valence-electron chi connectivity index (χ2n) is 7.85. The molecular weight excluding hydrogens is 305 g/mol. The second-order valence-corrected chi connectivity index (χ2v) is 7.85. The molecule has 0 N–H and O–H groups in total. The van der Waals surface area contributed by atoms with Crippen molar-refractivity contribution in [2.45, 2.75) is 57.8 Å². The van der Waals surface area contributed by atoms with Gasteiger partial charge in [-0.3, -0.25) is 4.79 Å². The molecule has 0 aromatic heterocycles. The Morgan fingerprint density at radius 3 is 2.25 bits per heavy atom. The summed E-state index contributed by atoms with van der Waals surface area (Å²) < 4.78 is 18.2. The highest BCUT2D eigenvalue weighted by atomic mass is 16.7. The van der Waals surface area contributed by atoms with Crippen LogP contribution in [0.15, 0.2) is 18.2 Å². The molecule has 0 spiro atoms. The van der Waals surface area contributed by atoms with E-state index in [1.807, 2.05) is 39.8 Å². The van der Waals surface area contributed by atoms with Crippen LogP contribution in [0.4, 0.5) is 0 Å². The van der Waals surface area contributed by atoms with Crippen LogP contribution in [0.1, 0.15) is 50.9 Å². The minimum absolute atomic E-state index is 0.0716. The van der Waals surface area contributed by atoms with E-state index < -0.39 is 18.3 Å². The Balaban J connectivity index is 1.98. The first kappa shape index (κ1) is 17.3. The minimum atomic E-state index is -0.586. The summed E-state index contributed by atoms with van der Waals surface area (Å²) in [5.74, 6) is 0.690. The molecule has 0 unspecified atom stereocenters. The molecule has 5 nitrogen and oxygen atoms in total. The molecule has 24 heavy (non-hydrogen) atoms. The standard InChI is InChI=1S/C18H26BNO4/c1-17(2)18(3,4)24-19(23-17)15-11-13(22-12-7-8-12)9-10-14(15)16(21)20(5)6/h9-12H,7-8H2,1-6H3. The van der Waals surface area contributed by atoms with Crippen molar-refractivity contribution in [3.8, 4) is 5.75 Å². The van der Waals surface area contributed by atoms with Crippen molar-refractivity contribution in [1.82, 2.24) is 4.90 Å². The second kappa shape index (κ2) is 5.78. The highest BCUT2D eigenvalue weighted by molar-refractivity contribution is 6.63. The quantitative estimate of drug-likeness (QED) is 0.794. The first-order valence-electron chi connectivity index (χ1n) is 8.48. The molecule has 1 heterocycles. The summed E-state index contributed by atoms with van der Waals surface area (Å²) in [5.41, 5.74) is 0.402. The van der Waals surface area contributed by atoms with Crippen molar-refractivity contribution < 1.29 is 18.8 Å². The minimum Gasteiger partial charge on any atom is -0.490 e. The molecule has 1 aromatic carbocycles. The van der Waals surface area contributed by atoms with Crippen molar-refractivity contribution in [3.05, 3.63) is 23.8 Å². The molecule has 1 aliphatic carbocycles. The Bertz CT molecular complexity index is 636. The predicted molar refractivity (Wildman–Crippen MR) is 93.8 cm³/mol. The lowest BCUT2D eigenvalue weighted by Gasteiger charge is -2.32. The maximum atomic E-state index is 12.6. The number of carbonyl (C=O) groups excluding carboxylic acids is 1. The number of rotatable bonds is 4. The Morgan fingerprint density at radius 1 is 1.17 bits per heavy atom. The molecule has 0 bridgehead atoms. The van der Waals surface area contributed by atoms with Gasteiger partial charge in [0, 0.05) is 19.7 Å². The lowest BCUT2D eigenvalue weighted by Crippen LogP contribution is -2.41. The van der Waals surface area contributed by atoms with Gasteiger partial charge in [0.2, 0.25) is 0 Å². The Morgan fingerprint density at radius 2 is 1.75 bits per heavy atom. The van der Waals surface area contributed by atoms with Crippen LogP contribution in [-0.2, 0) is 9.31 Å². The van der Waals surface area contributed by atoms with Gasteiger partial charge in [0.25, 0.3) is 5.91 Å². The summed E-state index contributed by atoms with van der Waals surface area (Å²) in [6.07, 6.45) is 2.47. The predicted octanol–water partition coefficient (Wildman–Crippen LogP) is 2.23. The normalized spacial score (nSPS) is 21.7. The summed E-state index contributed by atoms with van der Waals surface area (Å²) in [7, 11) is 2.90. The van der Waals surface area contributed by atoms with E-state index in [-0.39, 0.29) is 5.91 Å². The lowest BCUT2D eigenvalue weighted by molar-refractivity contribution is 0.00578. The third-order valence-electron chi connectivity index (χ3n) is 4.99. The molecule has 6 heteroatoms. The van der Waals surface area contributed by atoms with Gasteiger partial charge in [0.1, 0.15) is 5.75 Å². The van der Waals surface area contributed by atoms with E-state index in [9.17, 15) is 4.79 Å². The number of hydrogen-bond acceptors (Lipinski definition) is 4. The zero-order chi connectivity index (χ0) is 17.7. The number of nitrogens with zero attached hydrogens (tertiary/aromatic N) is 1. The van der Waals surface area contributed by atoms with Crippen LogP contribution in [0, 0.1) is 0 Å². The molecule has 1 amide bonds. The molecule has 130 valence electrons. The van der Waals surface area contributed by atoms with Crippen LogP contribution in [0.2, 0.25) is 0 Å². The maximum absolute atomic E-state index is 12.6. The summed E-state index contributed by atoms with van der Waals surface area (Å²) in [5, 5.41) is 0. The highest BCUT2D eigenvalue weighted by Crippen LogP contribution is 2.37. The van der Waals surface area contributed by atoms with Crippen LogP contribution in [0.3, 0.4) is 0 Å². The Hall–Kier alpha value is -1.53. The van der Waals surface area contributed by atoms with E-state index in [2.05, 4.69) is 0 Å². The van der Waals surface area contributed by atoms with Gasteiger partial charge in [0.05, 0.1) is 17.3 Å². The zero-order valence-electron chi connectivity index (χ0n) is 15.4. The molecule has 0 radical (unpaired) electrons. The van der Waals surface area contributed by atoms with Gasteiger partial charge >= 0.3 is 7.12 Å². The number of carbonyl (C=O) groups is 1. The largest absolute Gasteiger partial charge is 0.495 e. The molecule has 1 aromatic rings. The van der Waals surface area contributed by atoms with Gasteiger partial charge in [-0.15, -0.1) is 0 Å². The van der Waals surface area contributed by atoms with E-state index in [1.54, 1.807) is 25.1 Å². The van der Waals surface area contributed by atoms with Crippen LogP contribution < -0.4 is 10.2 Å². The van der Waals surface area contributed by atoms with Crippen molar-refractivity contribution in [2.75, 3.05) is 14.1 Å². The van der Waals surface area contributed by atoms with Gasteiger partial charge in [0.15, 0.2) is 0 Å². The average Bonchev–Trinajstić information content (AvgIpc) is 3.25. The van der Waals surface area contributed by atoms with Gasteiger partial charge in [-0.25, -0.2) is 0 Å². The summed E-state index contributed by atoms with van der Waals surface area (Å²) in [4.78, 5) is 14.1. The van der Waals surface area contributed by atoms with Crippen LogP contribution in [0.25, 0.3) is 0 Å². The molecule has 3 rings (SSSR count). The SMILES string of the molecule is CN(C)C(=O)c1ccc(OC2CC2)cc1B1OC(C)(C)C(C)(C)O1. The van der Waals surface area contributed by atoms with E-state index in [4.69, 9.17) is 14.0 Å². The number of hydrogen-bond donors (Lipinski definition) is 0. The Kier molecular flexibility index (Phi) is 4.17. The van der Waals surface area contributed by atoms with Gasteiger partial charge < -0.3 is 18.9 Å². The summed E-state index contributed by atoms with van der Waals surface area (Å²) >= 11 is 0. The van der Waals surface area contributed by atoms with Crippen molar-refractivity contribution in [2.24, 2.45) is 0 Å². The number of ether oxygens (including phenoxy) is 1.